The minimum atomic E-state index is -0.823. The number of rotatable bonds is 3. The lowest BCUT2D eigenvalue weighted by Crippen LogP contribution is -2.53. The van der Waals surface area contributed by atoms with E-state index in [9.17, 15) is 9.59 Å². The number of nitrogens with zero attached hydrogens (tertiary/aromatic N) is 1. The second-order valence-corrected chi connectivity index (χ2v) is 5.04. The van der Waals surface area contributed by atoms with Crippen molar-refractivity contribution >= 4 is 11.8 Å². The Kier molecular flexibility index (Phi) is 3.41. The summed E-state index contributed by atoms with van der Waals surface area (Å²) in [5.41, 5.74) is -0.823. The number of carbonyl (C=O) groups is 2. The summed E-state index contributed by atoms with van der Waals surface area (Å²) in [5.74, 6) is 0.734. The molecule has 1 aliphatic rings. The monoisotopic (exact) mass is 250 g/mol. The Morgan fingerprint density at radius 2 is 2.22 bits per heavy atom. The largest absolute Gasteiger partial charge is 0.469 e. The van der Waals surface area contributed by atoms with Crippen LogP contribution in [0.25, 0.3) is 0 Å². The highest BCUT2D eigenvalue weighted by atomic mass is 16.3. The molecule has 5 heteroatoms. The van der Waals surface area contributed by atoms with Crippen molar-refractivity contribution in [1.29, 1.82) is 0 Å². The van der Waals surface area contributed by atoms with Crippen molar-refractivity contribution in [1.82, 2.24) is 10.2 Å². The first-order valence-corrected chi connectivity index (χ1v) is 6.12. The molecule has 2 rings (SSSR count). The number of nitrogens with one attached hydrogen (secondary N) is 1. The predicted octanol–water partition coefficient (Wildman–Crippen LogP) is 0.949. The number of furan rings is 1. The highest BCUT2D eigenvalue weighted by Crippen LogP contribution is 2.14. The molecule has 1 aromatic rings. The molecule has 0 atom stereocenters. The Morgan fingerprint density at radius 1 is 1.44 bits per heavy atom. The molecule has 1 N–H and O–H groups in total. The molecule has 1 fully saturated rings. The summed E-state index contributed by atoms with van der Waals surface area (Å²) in [6.07, 6.45) is 2.64. The van der Waals surface area contributed by atoms with Crippen molar-refractivity contribution in [2.75, 3.05) is 13.1 Å². The van der Waals surface area contributed by atoms with E-state index in [1.54, 1.807) is 25.0 Å². The third kappa shape index (κ3) is 2.72. The molecular formula is C13H18N2O3. The molecule has 0 saturated carbocycles. The third-order valence-electron chi connectivity index (χ3n) is 3.09. The summed E-state index contributed by atoms with van der Waals surface area (Å²) in [7, 11) is 0. The van der Waals surface area contributed by atoms with E-state index in [0.29, 0.717) is 25.9 Å². The van der Waals surface area contributed by atoms with Gasteiger partial charge in [-0.2, -0.15) is 0 Å². The fourth-order valence-electron chi connectivity index (χ4n) is 2.11. The van der Waals surface area contributed by atoms with Crippen molar-refractivity contribution in [3.05, 3.63) is 24.2 Å². The van der Waals surface area contributed by atoms with E-state index in [-0.39, 0.29) is 11.8 Å². The first-order valence-electron chi connectivity index (χ1n) is 6.12. The SMILES string of the molecule is CC1(C)NC(=O)CCN(CCc2ccco2)C1=O. The Bertz CT molecular complexity index is 437. The van der Waals surface area contributed by atoms with Gasteiger partial charge in [0.05, 0.1) is 6.26 Å². The zero-order valence-corrected chi connectivity index (χ0v) is 10.7. The van der Waals surface area contributed by atoms with Crippen LogP contribution in [0.1, 0.15) is 26.0 Å². The fraction of sp³-hybridized carbons (Fsp3) is 0.538. The van der Waals surface area contributed by atoms with Gasteiger partial charge >= 0.3 is 0 Å². The van der Waals surface area contributed by atoms with Gasteiger partial charge in [0.25, 0.3) is 0 Å². The first-order chi connectivity index (χ1) is 8.49. The smallest absolute Gasteiger partial charge is 0.247 e. The molecule has 2 heterocycles. The lowest BCUT2D eigenvalue weighted by molar-refractivity contribution is -0.137. The maximum Gasteiger partial charge on any atom is 0.247 e. The molecule has 1 aromatic heterocycles. The molecule has 1 aliphatic heterocycles. The second-order valence-electron chi connectivity index (χ2n) is 5.04. The van der Waals surface area contributed by atoms with E-state index in [0.717, 1.165) is 5.76 Å². The third-order valence-corrected chi connectivity index (χ3v) is 3.09. The number of hydrogen-bond acceptors (Lipinski definition) is 3. The topological polar surface area (TPSA) is 62.6 Å². The molecule has 0 spiro atoms. The zero-order chi connectivity index (χ0) is 13.2. The molecule has 0 aromatic carbocycles. The molecular weight excluding hydrogens is 232 g/mol. The maximum absolute atomic E-state index is 12.3. The van der Waals surface area contributed by atoms with Crippen molar-refractivity contribution in [2.24, 2.45) is 0 Å². The van der Waals surface area contributed by atoms with Crippen molar-refractivity contribution in [3.63, 3.8) is 0 Å². The van der Waals surface area contributed by atoms with Gasteiger partial charge in [0.1, 0.15) is 11.3 Å². The van der Waals surface area contributed by atoms with Crippen LogP contribution in [-0.2, 0) is 16.0 Å². The normalized spacial score (nSPS) is 19.6. The molecule has 0 radical (unpaired) electrons. The maximum atomic E-state index is 12.3. The number of hydrogen-bond donors (Lipinski definition) is 1. The van der Waals surface area contributed by atoms with Gasteiger partial charge in [-0.25, -0.2) is 0 Å². The summed E-state index contributed by atoms with van der Waals surface area (Å²) in [6.45, 7) is 4.51. The van der Waals surface area contributed by atoms with E-state index in [4.69, 9.17) is 4.42 Å². The van der Waals surface area contributed by atoms with Crippen LogP contribution >= 0.6 is 0 Å². The molecule has 0 aliphatic carbocycles. The predicted molar refractivity (Wildman–Crippen MR) is 65.8 cm³/mol. The van der Waals surface area contributed by atoms with E-state index in [1.807, 2.05) is 12.1 Å². The van der Waals surface area contributed by atoms with Gasteiger partial charge in [0.2, 0.25) is 11.8 Å². The average molecular weight is 250 g/mol. The van der Waals surface area contributed by atoms with Crippen LogP contribution < -0.4 is 5.32 Å². The van der Waals surface area contributed by atoms with Gasteiger partial charge in [-0.05, 0) is 26.0 Å². The van der Waals surface area contributed by atoms with Crippen LogP contribution in [0.3, 0.4) is 0 Å². The van der Waals surface area contributed by atoms with Crippen LogP contribution in [0.5, 0.6) is 0 Å². The minimum absolute atomic E-state index is 0.0418. The van der Waals surface area contributed by atoms with Gasteiger partial charge in [-0.1, -0.05) is 0 Å². The number of amides is 2. The average Bonchev–Trinajstić information content (AvgIpc) is 2.77. The molecule has 2 amide bonds. The summed E-state index contributed by atoms with van der Waals surface area (Å²) >= 11 is 0. The second kappa shape index (κ2) is 4.84. The quantitative estimate of drug-likeness (QED) is 0.868. The van der Waals surface area contributed by atoms with Crippen molar-refractivity contribution in [3.8, 4) is 0 Å². The van der Waals surface area contributed by atoms with Crippen LogP contribution in [0.2, 0.25) is 0 Å². The Morgan fingerprint density at radius 3 is 2.89 bits per heavy atom. The summed E-state index contributed by atoms with van der Waals surface area (Å²) < 4.78 is 5.24. The van der Waals surface area contributed by atoms with E-state index >= 15 is 0 Å². The molecule has 0 unspecified atom stereocenters. The lowest BCUT2D eigenvalue weighted by atomic mass is 10.0. The molecule has 18 heavy (non-hydrogen) atoms. The fourth-order valence-corrected chi connectivity index (χ4v) is 2.11. The highest BCUT2D eigenvalue weighted by Gasteiger charge is 2.36. The Balaban J connectivity index is 2.02. The summed E-state index contributed by atoms with van der Waals surface area (Å²) in [4.78, 5) is 25.5. The molecule has 1 saturated heterocycles. The van der Waals surface area contributed by atoms with Gasteiger partial charge < -0.3 is 14.6 Å². The van der Waals surface area contributed by atoms with Crippen molar-refractivity contribution < 1.29 is 14.0 Å². The van der Waals surface area contributed by atoms with Gasteiger partial charge in [-0.15, -0.1) is 0 Å². The minimum Gasteiger partial charge on any atom is -0.469 e. The first kappa shape index (κ1) is 12.7. The number of carbonyl (C=O) groups excluding carboxylic acids is 2. The Labute approximate surface area is 106 Å². The van der Waals surface area contributed by atoms with Crippen LogP contribution in [0.15, 0.2) is 22.8 Å². The zero-order valence-electron chi connectivity index (χ0n) is 10.7. The molecule has 98 valence electrons. The van der Waals surface area contributed by atoms with Crippen LogP contribution in [-0.4, -0.2) is 35.3 Å². The van der Waals surface area contributed by atoms with E-state index < -0.39 is 5.54 Å². The van der Waals surface area contributed by atoms with E-state index in [1.165, 1.54) is 0 Å². The van der Waals surface area contributed by atoms with Gasteiger partial charge in [-0.3, -0.25) is 9.59 Å². The highest BCUT2D eigenvalue weighted by molar-refractivity contribution is 5.92. The van der Waals surface area contributed by atoms with E-state index in [2.05, 4.69) is 5.32 Å². The van der Waals surface area contributed by atoms with Crippen molar-refractivity contribution in [2.45, 2.75) is 32.2 Å². The summed E-state index contributed by atoms with van der Waals surface area (Å²) in [5, 5.41) is 2.74. The van der Waals surface area contributed by atoms with Crippen LogP contribution in [0.4, 0.5) is 0 Å². The molecule has 0 bridgehead atoms. The lowest BCUT2D eigenvalue weighted by Gasteiger charge is -2.28. The van der Waals surface area contributed by atoms with Gasteiger partial charge in [0, 0.05) is 25.9 Å². The molecule has 5 nitrogen and oxygen atoms in total. The Hall–Kier alpha value is -1.78. The van der Waals surface area contributed by atoms with Crippen LogP contribution in [0, 0.1) is 0 Å². The summed E-state index contributed by atoms with van der Waals surface area (Å²) in [6, 6.07) is 3.71. The standard InChI is InChI=1S/C13H18N2O3/c1-13(2)12(17)15(8-6-11(16)14-13)7-5-10-4-3-9-18-10/h3-4,9H,5-8H2,1-2H3,(H,14,16). The van der Waals surface area contributed by atoms with Gasteiger partial charge in [0.15, 0.2) is 0 Å².